The Kier molecular flexibility index (Phi) is 5.64. The van der Waals surface area contributed by atoms with Crippen LogP contribution in [0.5, 0.6) is 0 Å². The van der Waals surface area contributed by atoms with E-state index in [1.807, 2.05) is 47.8 Å². The first-order chi connectivity index (χ1) is 13.7. The van der Waals surface area contributed by atoms with Crippen LogP contribution in [0.3, 0.4) is 0 Å². The number of para-hydroxylation sites is 1. The molecule has 6 nitrogen and oxygen atoms in total. The van der Waals surface area contributed by atoms with Gasteiger partial charge < -0.3 is 20.3 Å². The number of hydrogen-bond acceptors (Lipinski definition) is 4. The highest BCUT2D eigenvalue weighted by Gasteiger charge is 2.51. The highest BCUT2D eigenvalue weighted by atomic mass is 32.1. The van der Waals surface area contributed by atoms with Crippen LogP contribution in [0, 0.1) is 11.3 Å². The van der Waals surface area contributed by atoms with E-state index in [4.69, 9.17) is 4.74 Å². The summed E-state index contributed by atoms with van der Waals surface area (Å²) < 4.78 is 5.55. The first-order valence-electron chi connectivity index (χ1n) is 9.65. The topological polar surface area (TPSA) is 70.7 Å². The van der Waals surface area contributed by atoms with Crippen molar-refractivity contribution >= 4 is 29.0 Å². The van der Waals surface area contributed by atoms with Crippen LogP contribution in [0.25, 0.3) is 0 Å². The summed E-state index contributed by atoms with van der Waals surface area (Å²) in [5, 5.41) is 8.03. The number of carbonyl (C=O) groups excluding carboxylic acids is 2. The van der Waals surface area contributed by atoms with E-state index in [1.54, 1.807) is 16.2 Å². The van der Waals surface area contributed by atoms with Crippen LogP contribution in [-0.2, 0) is 16.1 Å². The normalized spacial score (nSPS) is 20.9. The van der Waals surface area contributed by atoms with Crippen molar-refractivity contribution in [2.45, 2.75) is 19.4 Å². The van der Waals surface area contributed by atoms with Gasteiger partial charge in [0, 0.05) is 42.3 Å². The van der Waals surface area contributed by atoms with E-state index in [0.29, 0.717) is 32.8 Å². The zero-order valence-corrected chi connectivity index (χ0v) is 16.5. The molecule has 28 heavy (non-hydrogen) atoms. The Hall–Kier alpha value is -2.38. The largest absolute Gasteiger partial charge is 0.381 e. The van der Waals surface area contributed by atoms with Crippen molar-refractivity contribution in [3.05, 3.63) is 52.7 Å². The van der Waals surface area contributed by atoms with Crippen molar-refractivity contribution in [2.24, 2.45) is 11.3 Å². The molecule has 3 amide bonds. The molecule has 0 saturated carbocycles. The number of benzene rings is 1. The SMILES string of the molecule is O=C(NCc1cccs1)[C@@H]1CN(C(=O)Nc2ccccc2)CC12CCOCC2. The lowest BCUT2D eigenvalue weighted by Crippen LogP contribution is -2.44. The van der Waals surface area contributed by atoms with Crippen LogP contribution >= 0.6 is 11.3 Å². The Labute approximate surface area is 168 Å². The fourth-order valence-corrected chi connectivity index (χ4v) is 4.85. The lowest BCUT2D eigenvalue weighted by atomic mass is 9.72. The number of rotatable bonds is 4. The Morgan fingerprint density at radius 3 is 2.64 bits per heavy atom. The molecule has 2 fully saturated rings. The van der Waals surface area contributed by atoms with Gasteiger partial charge in [-0.25, -0.2) is 4.79 Å². The molecule has 2 saturated heterocycles. The van der Waals surface area contributed by atoms with Crippen molar-refractivity contribution in [3.63, 3.8) is 0 Å². The molecule has 1 atom stereocenters. The zero-order chi connectivity index (χ0) is 19.4. The van der Waals surface area contributed by atoms with Crippen LogP contribution in [-0.4, -0.2) is 43.1 Å². The third-order valence-electron chi connectivity index (χ3n) is 5.78. The molecule has 1 spiro atoms. The monoisotopic (exact) mass is 399 g/mol. The number of amides is 3. The molecule has 2 aliphatic rings. The molecule has 0 unspecified atom stereocenters. The molecule has 0 radical (unpaired) electrons. The minimum Gasteiger partial charge on any atom is -0.381 e. The van der Waals surface area contributed by atoms with Gasteiger partial charge in [-0.05, 0) is 36.4 Å². The van der Waals surface area contributed by atoms with E-state index in [-0.39, 0.29) is 23.3 Å². The summed E-state index contributed by atoms with van der Waals surface area (Å²) in [5.41, 5.74) is 0.561. The first kappa shape index (κ1) is 19.0. The van der Waals surface area contributed by atoms with Crippen LogP contribution in [0.2, 0.25) is 0 Å². The number of hydrogen-bond donors (Lipinski definition) is 2. The molecule has 4 rings (SSSR count). The fourth-order valence-electron chi connectivity index (χ4n) is 4.20. The van der Waals surface area contributed by atoms with Gasteiger partial charge in [-0.1, -0.05) is 24.3 Å². The van der Waals surface area contributed by atoms with E-state index in [1.165, 1.54) is 0 Å². The predicted molar refractivity (Wildman–Crippen MR) is 109 cm³/mol. The molecule has 1 aromatic heterocycles. The summed E-state index contributed by atoms with van der Waals surface area (Å²) >= 11 is 1.63. The quantitative estimate of drug-likeness (QED) is 0.829. The van der Waals surface area contributed by atoms with Gasteiger partial charge >= 0.3 is 6.03 Å². The van der Waals surface area contributed by atoms with Crippen molar-refractivity contribution in [1.82, 2.24) is 10.2 Å². The average molecular weight is 400 g/mol. The number of thiophene rings is 1. The highest BCUT2D eigenvalue weighted by Crippen LogP contribution is 2.44. The molecule has 2 N–H and O–H groups in total. The maximum absolute atomic E-state index is 13.0. The van der Waals surface area contributed by atoms with Crippen LogP contribution in [0.4, 0.5) is 10.5 Å². The summed E-state index contributed by atoms with van der Waals surface area (Å²) in [5.74, 6) is -0.178. The molecule has 148 valence electrons. The van der Waals surface area contributed by atoms with Gasteiger partial charge in [-0.3, -0.25) is 4.79 Å². The molecule has 7 heteroatoms. The molecular weight excluding hydrogens is 374 g/mol. The minimum atomic E-state index is -0.210. The fraction of sp³-hybridized carbons (Fsp3) is 0.429. The van der Waals surface area contributed by atoms with Gasteiger partial charge in [0.25, 0.3) is 0 Å². The predicted octanol–water partition coefficient (Wildman–Crippen LogP) is 3.33. The summed E-state index contributed by atoms with van der Waals surface area (Å²) in [6.45, 7) is 2.85. The summed E-state index contributed by atoms with van der Waals surface area (Å²) in [6, 6.07) is 13.3. The number of nitrogens with one attached hydrogen (secondary N) is 2. The van der Waals surface area contributed by atoms with E-state index >= 15 is 0 Å². The van der Waals surface area contributed by atoms with E-state index in [2.05, 4.69) is 10.6 Å². The molecule has 2 aromatic rings. The van der Waals surface area contributed by atoms with Gasteiger partial charge in [0.1, 0.15) is 0 Å². The molecular formula is C21H25N3O3S. The van der Waals surface area contributed by atoms with E-state index in [9.17, 15) is 9.59 Å². The Morgan fingerprint density at radius 1 is 1.14 bits per heavy atom. The summed E-state index contributed by atoms with van der Waals surface area (Å²) in [4.78, 5) is 28.8. The Bertz CT molecular complexity index is 804. The standard InChI is InChI=1S/C21H25N3O3S/c25-19(22-13-17-7-4-12-28-17)18-14-24(15-21(18)8-10-27-11-9-21)20(26)23-16-5-2-1-3-6-16/h1-7,12,18H,8-11,13-15H2,(H,22,25)(H,23,26)/t18-/m0/s1. The maximum atomic E-state index is 13.0. The molecule has 2 aliphatic heterocycles. The molecule has 1 aromatic carbocycles. The van der Waals surface area contributed by atoms with Gasteiger partial charge in [-0.15, -0.1) is 11.3 Å². The van der Waals surface area contributed by atoms with E-state index < -0.39 is 0 Å². The average Bonchev–Trinajstić information content (AvgIpc) is 3.36. The van der Waals surface area contributed by atoms with Crippen molar-refractivity contribution in [1.29, 1.82) is 0 Å². The second kappa shape index (κ2) is 8.32. The third kappa shape index (κ3) is 4.05. The number of nitrogens with zero attached hydrogens (tertiary/aromatic N) is 1. The number of carbonyl (C=O) groups is 2. The number of ether oxygens (including phenoxy) is 1. The number of likely N-dealkylation sites (tertiary alicyclic amines) is 1. The van der Waals surface area contributed by atoms with Crippen molar-refractivity contribution < 1.29 is 14.3 Å². The third-order valence-corrected chi connectivity index (χ3v) is 6.66. The molecule has 0 bridgehead atoms. The highest BCUT2D eigenvalue weighted by molar-refractivity contribution is 7.09. The van der Waals surface area contributed by atoms with Crippen molar-refractivity contribution in [3.8, 4) is 0 Å². The lowest BCUT2D eigenvalue weighted by molar-refractivity contribution is -0.130. The molecule has 0 aliphatic carbocycles. The smallest absolute Gasteiger partial charge is 0.321 e. The second-order valence-electron chi connectivity index (χ2n) is 7.50. The Morgan fingerprint density at radius 2 is 1.93 bits per heavy atom. The number of urea groups is 1. The van der Waals surface area contributed by atoms with E-state index in [0.717, 1.165) is 23.4 Å². The Balaban J connectivity index is 1.45. The lowest BCUT2D eigenvalue weighted by Gasteiger charge is -2.37. The van der Waals surface area contributed by atoms with Crippen molar-refractivity contribution in [2.75, 3.05) is 31.6 Å². The van der Waals surface area contributed by atoms with Crippen LogP contribution in [0.1, 0.15) is 17.7 Å². The van der Waals surface area contributed by atoms with Gasteiger partial charge in [0.05, 0.1) is 12.5 Å². The van der Waals surface area contributed by atoms with Crippen LogP contribution < -0.4 is 10.6 Å². The van der Waals surface area contributed by atoms with Gasteiger partial charge in [-0.2, -0.15) is 0 Å². The summed E-state index contributed by atoms with van der Waals surface area (Å²) in [6.07, 6.45) is 1.61. The minimum absolute atomic E-state index is 0.0327. The zero-order valence-electron chi connectivity index (χ0n) is 15.7. The first-order valence-corrected chi connectivity index (χ1v) is 10.5. The summed E-state index contributed by atoms with van der Waals surface area (Å²) in [7, 11) is 0. The second-order valence-corrected chi connectivity index (χ2v) is 8.53. The van der Waals surface area contributed by atoms with Gasteiger partial charge in [0.2, 0.25) is 5.91 Å². The molecule has 3 heterocycles. The van der Waals surface area contributed by atoms with Crippen LogP contribution in [0.15, 0.2) is 47.8 Å². The van der Waals surface area contributed by atoms with Gasteiger partial charge in [0.15, 0.2) is 0 Å². The maximum Gasteiger partial charge on any atom is 0.321 e. The number of anilines is 1.